The van der Waals surface area contributed by atoms with E-state index in [9.17, 15) is 13.2 Å². The molecule has 0 bridgehead atoms. The van der Waals surface area contributed by atoms with E-state index in [1.807, 2.05) is 24.3 Å². The number of anilines is 1. The van der Waals surface area contributed by atoms with Crippen LogP contribution in [-0.2, 0) is 14.8 Å². The zero-order valence-electron chi connectivity index (χ0n) is 14.8. The van der Waals surface area contributed by atoms with E-state index in [0.29, 0.717) is 12.2 Å². The van der Waals surface area contributed by atoms with Crippen molar-refractivity contribution in [3.05, 3.63) is 54.1 Å². The Bertz CT molecular complexity index is 877. The first-order valence-corrected chi connectivity index (χ1v) is 9.89. The van der Waals surface area contributed by atoms with Gasteiger partial charge in [-0.15, -0.1) is 0 Å². The summed E-state index contributed by atoms with van der Waals surface area (Å²) < 4.78 is 32.9. The van der Waals surface area contributed by atoms with Crippen LogP contribution in [0.25, 0.3) is 0 Å². The number of nitrogens with zero attached hydrogens (tertiary/aromatic N) is 1. The lowest BCUT2D eigenvalue weighted by atomic mass is 10.1. The van der Waals surface area contributed by atoms with E-state index in [2.05, 4.69) is 5.32 Å². The normalized spacial score (nSPS) is 17.8. The van der Waals surface area contributed by atoms with E-state index in [4.69, 9.17) is 4.74 Å². The summed E-state index contributed by atoms with van der Waals surface area (Å²) in [6.45, 7) is 1.90. The summed E-state index contributed by atoms with van der Waals surface area (Å²) in [5, 5.41) is 2.64. The summed E-state index contributed by atoms with van der Waals surface area (Å²) >= 11 is 0. The number of nitrogens with one attached hydrogen (secondary N) is 1. The Labute approximate surface area is 153 Å². The predicted molar refractivity (Wildman–Crippen MR) is 99.6 cm³/mol. The van der Waals surface area contributed by atoms with Crippen LogP contribution in [0, 0.1) is 0 Å². The average Bonchev–Trinajstić information content (AvgIpc) is 3.12. The number of benzene rings is 2. The third kappa shape index (κ3) is 3.73. The molecule has 2 aromatic rings. The van der Waals surface area contributed by atoms with Gasteiger partial charge in [-0.3, -0.25) is 4.79 Å². The molecule has 0 radical (unpaired) electrons. The van der Waals surface area contributed by atoms with Crippen LogP contribution in [0.15, 0.2) is 53.4 Å². The molecule has 6 nitrogen and oxygen atoms in total. The molecule has 26 heavy (non-hydrogen) atoms. The second-order valence-corrected chi connectivity index (χ2v) is 8.14. The number of ether oxygens (including phenoxy) is 1. The van der Waals surface area contributed by atoms with Gasteiger partial charge in [-0.2, -0.15) is 4.31 Å². The SMILES string of the molecule is COc1ccc([C@@H]2CCCN2S(=O)(=O)c2ccc(NC(C)=O)cc2)cc1. The molecule has 0 spiro atoms. The minimum Gasteiger partial charge on any atom is -0.497 e. The summed E-state index contributed by atoms with van der Waals surface area (Å²) in [6.07, 6.45) is 1.61. The largest absolute Gasteiger partial charge is 0.497 e. The Morgan fingerprint density at radius 2 is 1.77 bits per heavy atom. The van der Waals surface area contributed by atoms with Crippen molar-refractivity contribution in [3.8, 4) is 5.75 Å². The number of sulfonamides is 1. The first-order valence-electron chi connectivity index (χ1n) is 8.45. The van der Waals surface area contributed by atoms with Crippen molar-refractivity contribution in [2.75, 3.05) is 19.0 Å². The van der Waals surface area contributed by atoms with Gasteiger partial charge < -0.3 is 10.1 Å². The van der Waals surface area contributed by atoms with E-state index >= 15 is 0 Å². The van der Waals surface area contributed by atoms with E-state index in [1.165, 1.54) is 19.1 Å². The van der Waals surface area contributed by atoms with Crippen LogP contribution < -0.4 is 10.1 Å². The number of carbonyl (C=O) groups is 1. The maximum atomic E-state index is 13.1. The van der Waals surface area contributed by atoms with Gasteiger partial charge in [0.05, 0.1) is 18.0 Å². The predicted octanol–water partition coefficient (Wildman–Crippen LogP) is 3.18. The van der Waals surface area contributed by atoms with Crippen molar-refractivity contribution in [3.63, 3.8) is 0 Å². The number of hydrogen-bond donors (Lipinski definition) is 1. The Morgan fingerprint density at radius 3 is 2.35 bits per heavy atom. The molecule has 0 unspecified atom stereocenters. The smallest absolute Gasteiger partial charge is 0.243 e. The molecular formula is C19H22N2O4S. The lowest BCUT2D eigenvalue weighted by Gasteiger charge is -2.24. The van der Waals surface area contributed by atoms with Gasteiger partial charge in [0.2, 0.25) is 15.9 Å². The van der Waals surface area contributed by atoms with Crippen molar-refractivity contribution in [1.29, 1.82) is 0 Å². The number of amides is 1. The minimum absolute atomic E-state index is 0.180. The van der Waals surface area contributed by atoms with Gasteiger partial charge in [-0.1, -0.05) is 12.1 Å². The highest BCUT2D eigenvalue weighted by atomic mass is 32.2. The zero-order valence-corrected chi connectivity index (χ0v) is 15.6. The van der Waals surface area contributed by atoms with Crippen LogP contribution in [0.2, 0.25) is 0 Å². The highest BCUT2D eigenvalue weighted by Gasteiger charge is 2.36. The zero-order chi connectivity index (χ0) is 18.7. The van der Waals surface area contributed by atoms with Gasteiger partial charge in [0.15, 0.2) is 0 Å². The van der Waals surface area contributed by atoms with Gasteiger partial charge in [0, 0.05) is 19.2 Å². The fourth-order valence-electron chi connectivity index (χ4n) is 3.24. The first-order chi connectivity index (χ1) is 12.4. The highest BCUT2D eigenvalue weighted by molar-refractivity contribution is 7.89. The van der Waals surface area contributed by atoms with Crippen molar-refractivity contribution in [1.82, 2.24) is 4.31 Å². The summed E-state index contributed by atoms with van der Waals surface area (Å²) in [5.74, 6) is 0.550. The average molecular weight is 374 g/mol. The molecule has 1 fully saturated rings. The fourth-order valence-corrected chi connectivity index (χ4v) is 4.92. The first kappa shape index (κ1) is 18.4. The molecule has 1 heterocycles. The second-order valence-electron chi connectivity index (χ2n) is 6.25. The minimum atomic E-state index is -3.61. The third-order valence-corrected chi connectivity index (χ3v) is 6.41. The summed E-state index contributed by atoms with van der Waals surface area (Å²) in [4.78, 5) is 11.3. The molecule has 1 amide bonds. The number of methoxy groups -OCH3 is 1. The Balaban J connectivity index is 1.86. The monoisotopic (exact) mass is 374 g/mol. The number of hydrogen-bond acceptors (Lipinski definition) is 4. The Hall–Kier alpha value is -2.38. The van der Waals surface area contributed by atoms with E-state index in [0.717, 1.165) is 24.2 Å². The quantitative estimate of drug-likeness (QED) is 0.872. The Morgan fingerprint density at radius 1 is 1.12 bits per heavy atom. The standard InChI is InChI=1S/C19H22N2O4S/c1-14(22)20-16-7-11-18(12-8-16)26(23,24)21-13-3-4-19(21)15-5-9-17(25-2)10-6-15/h5-12,19H,3-4,13H2,1-2H3,(H,20,22)/t19-/m0/s1. The topological polar surface area (TPSA) is 75.7 Å². The molecule has 3 rings (SSSR count). The van der Waals surface area contributed by atoms with Crippen LogP contribution in [0.3, 0.4) is 0 Å². The third-order valence-electron chi connectivity index (χ3n) is 4.49. The maximum Gasteiger partial charge on any atom is 0.243 e. The van der Waals surface area contributed by atoms with E-state index in [1.54, 1.807) is 23.5 Å². The second kappa shape index (κ2) is 7.47. The molecule has 0 saturated carbocycles. The van der Waals surface area contributed by atoms with Crippen LogP contribution in [-0.4, -0.2) is 32.3 Å². The van der Waals surface area contributed by atoms with Crippen LogP contribution in [0.5, 0.6) is 5.75 Å². The summed E-state index contributed by atoms with van der Waals surface area (Å²) in [7, 11) is -2.00. The number of carbonyl (C=O) groups excluding carboxylic acids is 1. The van der Waals surface area contributed by atoms with Gasteiger partial charge >= 0.3 is 0 Å². The Kier molecular flexibility index (Phi) is 5.29. The lowest BCUT2D eigenvalue weighted by Crippen LogP contribution is -2.30. The molecule has 7 heteroatoms. The van der Waals surface area contributed by atoms with Crippen LogP contribution in [0.4, 0.5) is 5.69 Å². The molecule has 0 aromatic heterocycles. The van der Waals surface area contributed by atoms with Gasteiger partial charge in [0.25, 0.3) is 0 Å². The highest BCUT2D eigenvalue weighted by Crippen LogP contribution is 2.37. The van der Waals surface area contributed by atoms with Crippen molar-refractivity contribution >= 4 is 21.6 Å². The summed E-state index contributed by atoms with van der Waals surface area (Å²) in [5.41, 5.74) is 1.53. The van der Waals surface area contributed by atoms with E-state index < -0.39 is 10.0 Å². The fraction of sp³-hybridized carbons (Fsp3) is 0.316. The summed E-state index contributed by atoms with van der Waals surface area (Å²) in [6, 6.07) is 13.6. The van der Waals surface area contributed by atoms with Crippen LogP contribution in [0.1, 0.15) is 31.4 Å². The maximum absolute atomic E-state index is 13.1. The van der Waals surface area contributed by atoms with Crippen LogP contribution >= 0.6 is 0 Å². The lowest BCUT2D eigenvalue weighted by molar-refractivity contribution is -0.114. The van der Waals surface area contributed by atoms with E-state index in [-0.39, 0.29) is 16.8 Å². The van der Waals surface area contributed by atoms with Gasteiger partial charge in [-0.25, -0.2) is 8.42 Å². The van der Waals surface area contributed by atoms with Crippen molar-refractivity contribution in [2.24, 2.45) is 0 Å². The van der Waals surface area contributed by atoms with Gasteiger partial charge in [-0.05, 0) is 54.8 Å². The van der Waals surface area contributed by atoms with Crippen molar-refractivity contribution in [2.45, 2.75) is 30.7 Å². The van der Waals surface area contributed by atoms with Gasteiger partial charge in [0.1, 0.15) is 5.75 Å². The molecule has 138 valence electrons. The molecule has 2 aromatic carbocycles. The molecule has 1 saturated heterocycles. The molecule has 1 aliphatic heterocycles. The molecular weight excluding hydrogens is 352 g/mol. The number of rotatable bonds is 5. The molecule has 1 aliphatic rings. The molecule has 1 N–H and O–H groups in total. The molecule has 1 atom stereocenters. The van der Waals surface area contributed by atoms with Crippen molar-refractivity contribution < 1.29 is 17.9 Å². The molecule has 0 aliphatic carbocycles.